The summed E-state index contributed by atoms with van der Waals surface area (Å²) in [6, 6.07) is 12.0. The minimum Gasteiger partial charge on any atom is -0.379 e. The first-order chi connectivity index (χ1) is 14.3. The zero-order valence-electron chi connectivity index (χ0n) is 16.1. The van der Waals surface area contributed by atoms with Crippen molar-refractivity contribution in [3.8, 4) is 0 Å². The van der Waals surface area contributed by atoms with Crippen LogP contribution in [0.25, 0.3) is 0 Å². The zero-order chi connectivity index (χ0) is 21.6. The van der Waals surface area contributed by atoms with E-state index in [1.807, 2.05) is 0 Å². The van der Waals surface area contributed by atoms with E-state index in [-0.39, 0.29) is 23.7 Å². The Morgan fingerprint density at radius 3 is 2.50 bits per heavy atom. The molecule has 1 saturated heterocycles. The molecule has 10 nitrogen and oxygen atoms in total. The molecule has 0 atom stereocenters. The predicted octanol–water partition coefficient (Wildman–Crippen LogP) is 2.08. The van der Waals surface area contributed by atoms with Crippen LogP contribution in [-0.4, -0.2) is 50.0 Å². The van der Waals surface area contributed by atoms with Gasteiger partial charge in [0, 0.05) is 37.5 Å². The van der Waals surface area contributed by atoms with Crippen molar-refractivity contribution in [2.24, 2.45) is 0 Å². The van der Waals surface area contributed by atoms with Crippen LogP contribution in [0.2, 0.25) is 0 Å². The van der Waals surface area contributed by atoms with Gasteiger partial charge in [-0.25, -0.2) is 13.2 Å². The lowest BCUT2D eigenvalue weighted by molar-refractivity contribution is -0.384. The Hall–Kier alpha value is -3.02. The molecule has 0 bridgehead atoms. The second kappa shape index (κ2) is 9.65. The number of sulfonamides is 1. The maximum Gasteiger partial charge on any atom is 0.319 e. The number of hydrogen-bond donors (Lipinski definition) is 2. The number of nitrogens with one attached hydrogen (secondary N) is 2. The Labute approximate surface area is 174 Å². The molecule has 0 saturated carbocycles. The van der Waals surface area contributed by atoms with Crippen LogP contribution in [-0.2, 0) is 27.1 Å². The number of nitrogens with zero attached hydrogens (tertiary/aromatic N) is 2. The molecule has 3 rings (SSSR count). The molecule has 0 unspecified atom stereocenters. The summed E-state index contributed by atoms with van der Waals surface area (Å²) in [6.07, 6.45) is 0. The summed E-state index contributed by atoms with van der Waals surface area (Å²) in [6.45, 7) is 1.51. The second-order valence-electron chi connectivity index (χ2n) is 6.65. The van der Waals surface area contributed by atoms with E-state index >= 15 is 0 Å². The third-order valence-corrected chi connectivity index (χ3v) is 6.40. The van der Waals surface area contributed by atoms with E-state index in [2.05, 4.69) is 10.6 Å². The number of nitro benzene ring substituents is 1. The molecular weight excluding hydrogens is 412 g/mol. The highest BCUT2D eigenvalue weighted by molar-refractivity contribution is 7.88. The van der Waals surface area contributed by atoms with Gasteiger partial charge in [-0.3, -0.25) is 10.1 Å². The highest BCUT2D eigenvalue weighted by atomic mass is 32.2. The number of urea groups is 1. The van der Waals surface area contributed by atoms with Gasteiger partial charge in [-0.15, -0.1) is 0 Å². The van der Waals surface area contributed by atoms with Crippen molar-refractivity contribution < 1.29 is 22.9 Å². The third kappa shape index (κ3) is 5.75. The van der Waals surface area contributed by atoms with Crippen LogP contribution in [0.5, 0.6) is 0 Å². The normalized spacial score (nSPS) is 14.8. The van der Waals surface area contributed by atoms with Crippen molar-refractivity contribution in [2.75, 3.05) is 31.6 Å². The molecular formula is C19H22N4O6S. The topological polar surface area (TPSA) is 131 Å². The number of rotatable bonds is 7. The Bertz CT molecular complexity index is 1020. The maximum atomic E-state index is 12.7. The Morgan fingerprint density at radius 1 is 1.10 bits per heavy atom. The number of amides is 2. The molecule has 1 aliphatic rings. The molecule has 0 spiro atoms. The van der Waals surface area contributed by atoms with Gasteiger partial charge < -0.3 is 15.4 Å². The largest absolute Gasteiger partial charge is 0.379 e. The maximum absolute atomic E-state index is 12.7. The van der Waals surface area contributed by atoms with Crippen molar-refractivity contribution in [1.29, 1.82) is 0 Å². The molecule has 30 heavy (non-hydrogen) atoms. The molecule has 2 aromatic carbocycles. The van der Waals surface area contributed by atoms with Gasteiger partial charge in [0.1, 0.15) is 0 Å². The summed E-state index contributed by atoms with van der Waals surface area (Å²) >= 11 is 0. The molecule has 1 aliphatic heterocycles. The molecule has 11 heteroatoms. The lowest BCUT2D eigenvalue weighted by atomic mass is 10.1. The van der Waals surface area contributed by atoms with E-state index < -0.39 is 21.0 Å². The average molecular weight is 434 g/mol. The minimum atomic E-state index is -3.50. The lowest BCUT2D eigenvalue weighted by Crippen LogP contribution is -2.41. The molecule has 0 aromatic heterocycles. The fourth-order valence-electron chi connectivity index (χ4n) is 3.03. The number of morpholine rings is 1. The molecule has 2 aromatic rings. The molecule has 2 amide bonds. The summed E-state index contributed by atoms with van der Waals surface area (Å²) < 4.78 is 32.0. The van der Waals surface area contributed by atoms with Gasteiger partial charge >= 0.3 is 6.03 Å². The summed E-state index contributed by atoms with van der Waals surface area (Å²) in [4.78, 5) is 22.5. The van der Waals surface area contributed by atoms with Crippen LogP contribution >= 0.6 is 0 Å². The second-order valence-corrected chi connectivity index (χ2v) is 8.62. The Morgan fingerprint density at radius 2 is 1.80 bits per heavy atom. The summed E-state index contributed by atoms with van der Waals surface area (Å²) in [5.41, 5.74) is 1.42. The van der Waals surface area contributed by atoms with Gasteiger partial charge in [0.2, 0.25) is 10.0 Å². The molecule has 2 N–H and O–H groups in total. The van der Waals surface area contributed by atoms with E-state index in [4.69, 9.17) is 4.74 Å². The molecule has 160 valence electrons. The van der Waals surface area contributed by atoms with Crippen LogP contribution in [0, 0.1) is 10.1 Å². The molecule has 0 radical (unpaired) electrons. The average Bonchev–Trinajstić information content (AvgIpc) is 2.74. The van der Waals surface area contributed by atoms with E-state index in [9.17, 15) is 23.3 Å². The van der Waals surface area contributed by atoms with Crippen molar-refractivity contribution in [1.82, 2.24) is 9.62 Å². The van der Waals surface area contributed by atoms with Crippen LogP contribution in [0.3, 0.4) is 0 Å². The molecule has 1 fully saturated rings. The Kier molecular flexibility index (Phi) is 6.98. The van der Waals surface area contributed by atoms with Gasteiger partial charge in [-0.05, 0) is 17.2 Å². The standard InChI is InChI=1S/C19H22N4O6S/c24-19(21-17-6-3-7-18(12-17)23(25)26)20-13-15-4-1-2-5-16(15)14-30(27,28)22-8-10-29-11-9-22/h1-7,12H,8-11,13-14H2,(H2,20,21,24). The first-order valence-electron chi connectivity index (χ1n) is 9.27. The van der Waals surface area contributed by atoms with Crippen LogP contribution in [0.15, 0.2) is 48.5 Å². The molecule has 1 heterocycles. The third-order valence-electron chi connectivity index (χ3n) is 4.57. The monoisotopic (exact) mass is 434 g/mol. The first-order valence-corrected chi connectivity index (χ1v) is 10.9. The zero-order valence-corrected chi connectivity index (χ0v) is 16.9. The number of carbonyl (C=O) groups excluding carboxylic acids is 1. The first kappa shape index (κ1) is 21.7. The summed E-state index contributed by atoms with van der Waals surface area (Å²) in [5, 5.41) is 16.0. The number of nitro groups is 1. The number of non-ortho nitro benzene ring substituents is 1. The number of hydrogen-bond acceptors (Lipinski definition) is 6. The van der Waals surface area contributed by atoms with E-state index in [1.54, 1.807) is 24.3 Å². The van der Waals surface area contributed by atoms with E-state index in [0.717, 1.165) is 0 Å². The quantitative estimate of drug-likeness (QED) is 0.507. The van der Waals surface area contributed by atoms with Gasteiger partial charge in [-0.1, -0.05) is 30.3 Å². The van der Waals surface area contributed by atoms with Gasteiger partial charge in [0.15, 0.2) is 0 Å². The van der Waals surface area contributed by atoms with Gasteiger partial charge in [-0.2, -0.15) is 4.31 Å². The van der Waals surface area contributed by atoms with Crippen LogP contribution < -0.4 is 10.6 Å². The number of carbonyl (C=O) groups is 1. The van der Waals surface area contributed by atoms with E-state index in [0.29, 0.717) is 37.4 Å². The SMILES string of the molecule is O=C(NCc1ccccc1CS(=O)(=O)N1CCOCC1)Nc1cccc([N+](=O)[O-])c1. The van der Waals surface area contributed by atoms with Crippen molar-refractivity contribution in [2.45, 2.75) is 12.3 Å². The number of benzene rings is 2. The summed E-state index contributed by atoms with van der Waals surface area (Å²) in [5.74, 6) is -0.169. The van der Waals surface area contributed by atoms with E-state index in [1.165, 1.54) is 28.6 Å². The molecule has 0 aliphatic carbocycles. The minimum absolute atomic E-state index is 0.107. The lowest BCUT2D eigenvalue weighted by Gasteiger charge is -2.26. The van der Waals surface area contributed by atoms with Gasteiger partial charge in [0.05, 0.1) is 23.9 Å². The highest BCUT2D eigenvalue weighted by Gasteiger charge is 2.25. The smallest absolute Gasteiger partial charge is 0.319 e. The van der Waals surface area contributed by atoms with Crippen LogP contribution in [0.1, 0.15) is 11.1 Å². The number of ether oxygens (including phenoxy) is 1. The summed E-state index contributed by atoms with van der Waals surface area (Å²) in [7, 11) is -3.50. The highest BCUT2D eigenvalue weighted by Crippen LogP contribution is 2.18. The predicted molar refractivity (Wildman–Crippen MR) is 110 cm³/mol. The number of anilines is 1. The Balaban J connectivity index is 1.63. The van der Waals surface area contributed by atoms with Crippen molar-refractivity contribution in [3.05, 3.63) is 69.8 Å². The van der Waals surface area contributed by atoms with Crippen molar-refractivity contribution >= 4 is 27.4 Å². The van der Waals surface area contributed by atoms with Gasteiger partial charge in [0.25, 0.3) is 5.69 Å². The van der Waals surface area contributed by atoms with Crippen LogP contribution in [0.4, 0.5) is 16.2 Å². The van der Waals surface area contributed by atoms with Crippen molar-refractivity contribution in [3.63, 3.8) is 0 Å². The fourth-order valence-corrected chi connectivity index (χ4v) is 4.59. The fraction of sp³-hybridized carbons (Fsp3) is 0.316.